The van der Waals surface area contributed by atoms with Gasteiger partial charge in [-0.05, 0) is 45.0 Å². The van der Waals surface area contributed by atoms with Crippen LogP contribution in [0.4, 0.5) is 0 Å². The van der Waals surface area contributed by atoms with Gasteiger partial charge in [0.1, 0.15) is 17.1 Å². The number of carbonyl (C=O) groups is 1. The first-order valence-electron chi connectivity index (χ1n) is 7.96. The van der Waals surface area contributed by atoms with Crippen LogP contribution < -0.4 is 10.5 Å². The smallest absolute Gasteiger partial charge is 0.322 e. The summed E-state index contributed by atoms with van der Waals surface area (Å²) in [5.74, 6) is -0.453. The molecule has 0 saturated carbocycles. The molecule has 8 heteroatoms. The second-order valence-electron chi connectivity index (χ2n) is 5.95. The summed E-state index contributed by atoms with van der Waals surface area (Å²) in [5.41, 5.74) is 6.22. The van der Waals surface area contributed by atoms with Crippen molar-refractivity contribution in [3.05, 3.63) is 52.0 Å². The summed E-state index contributed by atoms with van der Waals surface area (Å²) >= 11 is 5.94. The molecule has 1 aliphatic heterocycles. The number of fused-ring (bicyclic) bond motifs is 1. The van der Waals surface area contributed by atoms with Crippen molar-refractivity contribution in [1.29, 1.82) is 5.26 Å². The Morgan fingerprint density at radius 2 is 2.12 bits per heavy atom. The highest BCUT2D eigenvalue weighted by Gasteiger charge is 2.51. The van der Waals surface area contributed by atoms with Crippen molar-refractivity contribution in [2.45, 2.75) is 26.2 Å². The lowest BCUT2D eigenvalue weighted by Crippen LogP contribution is -2.41. The van der Waals surface area contributed by atoms with Crippen molar-refractivity contribution in [3.8, 4) is 17.6 Å². The Morgan fingerprint density at radius 3 is 2.69 bits per heavy atom. The number of hydrogen-bond acceptors (Lipinski definition) is 6. The van der Waals surface area contributed by atoms with Gasteiger partial charge in [-0.15, -0.1) is 0 Å². The number of nitriles is 1. The Bertz CT molecular complexity index is 956. The molecule has 1 aliphatic rings. The quantitative estimate of drug-likeness (QED) is 0.831. The number of esters is 1. The van der Waals surface area contributed by atoms with E-state index in [0.717, 1.165) is 0 Å². The first-order valence-corrected chi connectivity index (χ1v) is 8.33. The number of nitrogens with zero attached hydrogens (tertiary/aromatic N) is 3. The monoisotopic (exact) mass is 372 g/mol. The standard InChI is InChI=1S/C18H17ClN4O3/c1-4-25-17(24)18(3)13(9-20)15(21)26-16-14(18)10(2)22-23(16)12-7-5-11(19)6-8-12/h5-8H,4,21H2,1-3H3. The van der Waals surface area contributed by atoms with E-state index in [2.05, 4.69) is 5.10 Å². The third-order valence-electron chi connectivity index (χ3n) is 4.34. The number of hydrogen-bond donors (Lipinski definition) is 1. The van der Waals surface area contributed by atoms with E-state index >= 15 is 0 Å². The highest BCUT2D eigenvalue weighted by atomic mass is 35.5. The summed E-state index contributed by atoms with van der Waals surface area (Å²) in [6.07, 6.45) is 0. The van der Waals surface area contributed by atoms with Crippen LogP contribution in [-0.2, 0) is 14.9 Å². The summed E-state index contributed by atoms with van der Waals surface area (Å²) in [4.78, 5) is 12.8. The second kappa shape index (κ2) is 6.39. The second-order valence-corrected chi connectivity index (χ2v) is 6.39. The molecular weight excluding hydrogens is 356 g/mol. The molecule has 2 N–H and O–H groups in total. The molecule has 7 nitrogen and oxygen atoms in total. The minimum Gasteiger partial charge on any atom is -0.465 e. The Labute approximate surface area is 155 Å². The maximum atomic E-state index is 12.8. The number of aromatic nitrogens is 2. The lowest BCUT2D eigenvalue weighted by Gasteiger charge is -2.31. The molecule has 1 atom stereocenters. The van der Waals surface area contributed by atoms with Gasteiger partial charge in [0, 0.05) is 5.02 Å². The van der Waals surface area contributed by atoms with Crippen molar-refractivity contribution < 1.29 is 14.3 Å². The highest BCUT2D eigenvalue weighted by Crippen LogP contribution is 2.46. The van der Waals surface area contributed by atoms with Gasteiger partial charge >= 0.3 is 5.97 Å². The van der Waals surface area contributed by atoms with Crippen LogP contribution in [0, 0.1) is 18.3 Å². The van der Waals surface area contributed by atoms with Crippen LogP contribution in [0.25, 0.3) is 5.69 Å². The van der Waals surface area contributed by atoms with Crippen molar-refractivity contribution in [1.82, 2.24) is 9.78 Å². The van der Waals surface area contributed by atoms with Crippen LogP contribution in [0.2, 0.25) is 5.02 Å². The van der Waals surface area contributed by atoms with Crippen LogP contribution in [-0.4, -0.2) is 22.4 Å². The number of benzene rings is 1. The molecule has 0 amide bonds. The van der Waals surface area contributed by atoms with Gasteiger partial charge in [0.15, 0.2) is 0 Å². The van der Waals surface area contributed by atoms with E-state index in [-0.39, 0.29) is 23.9 Å². The van der Waals surface area contributed by atoms with Gasteiger partial charge in [-0.25, -0.2) is 4.68 Å². The molecule has 134 valence electrons. The molecule has 1 aromatic carbocycles. The third kappa shape index (κ3) is 2.50. The fraction of sp³-hybridized carbons (Fsp3) is 0.278. The van der Waals surface area contributed by atoms with Crippen LogP contribution >= 0.6 is 11.6 Å². The number of ether oxygens (including phenoxy) is 2. The van der Waals surface area contributed by atoms with E-state index in [1.54, 1.807) is 45.0 Å². The van der Waals surface area contributed by atoms with Gasteiger partial charge in [-0.2, -0.15) is 10.4 Å². The summed E-state index contributed by atoms with van der Waals surface area (Å²) in [6.45, 7) is 5.21. The van der Waals surface area contributed by atoms with E-state index in [1.165, 1.54) is 4.68 Å². The number of aryl methyl sites for hydroxylation is 1. The molecule has 0 aliphatic carbocycles. The number of nitrogens with two attached hydrogens (primary N) is 1. The lowest BCUT2D eigenvalue weighted by atomic mass is 9.75. The zero-order chi connectivity index (χ0) is 19.1. The van der Waals surface area contributed by atoms with E-state index in [4.69, 9.17) is 26.8 Å². The van der Waals surface area contributed by atoms with E-state index in [1.807, 2.05) is 6.07 Å². The van der Waals surface area contributed by atoms with Crippen molar-refractivity contribution in [2.24, 2.45) is 5.73 Å². The molecule has 0 radical (unpaired) electrons. The minimum atomic E-state index is -1.41. The van der Waals surface area contributed by atoms with Crippen LogP contribution in [0.15, 0.2) is 35.7 Å². The SMILES string of the molecule is CCOC(=O)C1(C)C(C#N)=C(N)Oc2c1c(C)nn2-c1ccc(Cl)cc1. The molecule has 26 heavy (non-hydrogen) atoms. The van der Waals surface area contributed by atoms with Crippen molar-refractivity contribution >= 4 is 17.6 Å². The van der Waals surface area contributed by atoms with E-state index in [0.29, 0.717) is 22.0 Å². The molecule has 1 aromatic heterocycles. The maximum absolute atomic E-state index is 12.8. The average Bonchev–Trinajstić information content (AvgIpc) is 2.93. The predicted octanol–water partition coefficient (Wildman–Crippen LogP) is 2.74. The van der Waals surface area contributed by atoms with Gasteiger partial charge in [-0.3, -0.25) is 4.79 Å². The number of rotatable bonds is 3. The van der Waals surface area contributed by atoms with Gasteiger partial charge in [0.05, 0.1) is 23.6 Å². The Balaban J connectivity index is 2.27. The summed E-state index contributed by atoms with van der Waals surface area (Å²) in [5, 5.41) is 14.6. The average molecular weight is 373 g/mol. The summed E-state index contributed by atoms with van der Waals surface area (Å²) in [7, 11) is 0. The first kappa shape index (κ1) is 17.8. The number of carbonyl (C=O) groups excluding carboxylic acids is 1. The van der Waals surface area contributed by atoms with Gasteiger partial charge in [-0.1, -0.05) is 11.6 Å². The molecule has 2 aromatic rings. The molecule has 0 spiro atoms. The number of halogens is 1. The largest absolute Gasteiger partial charge is 0.465 e. The van der Waals surface area contributed by atoms with Gasteiger partial charge in [0.2, 0.25) is 11.8 Å². The third-order valence-corrected chi connectivity index (χ3v) is 4.59. The molecule has 0 bridgehead atoms. The van der Waals surface area contributed by atoms with E-state index < -0.39 is 11.4 Å². The van der Waals surface area contributed by atoms with Gasteiger partial charge < -0.3 is 15.2 Å². The summed E-state index contributed by atoms with van der Waals surface area (Å²) < 4.78 is 12.4. The Hall–Kier alpha value is -2.98. The van der Waals surface area contributed by atoms with Crippen LogP contribution in [0.3, 0.4) is 0 Å². The Morgan fingerprint density at radius 1 is 1.46 bits per heavy atom. The van der Waals surface area contributed by atoms with Crippen molar-refractivity contribution in [3.63, 3.8) is 0 Å². The fourth-order valence-corrected chi connectivity index (χ4v) is 3.23. The van der Waals surface area contributed by atoms with Crippen LogP contribution in [0.1, 0.15) is 25.1 Å². The zero-order valence-electron chi connectivity index (χ0n) is 14.5. The van der Waals surface area contributed by atoms with Crippen molar-refractivity contribution in [2.75, 3.05) is 6.61 Å². The zero-order valence-corrected chi connectivity index (χ0v) is 15.3. The van der Waals surface area contributed by atoms with E-state index in [9.17, 15) is 10.1 Å². The normalized spacial score (nSPS) is 18.7. The summed E-state index contributed by atoms with van der Waals surface area (Å²) in [6, 6.07) is 8.94. The molecule has 2 heterocycles. The lowest BCUT2D eigenvalue weighted by molar-refractivity contribution is -0.148. The topological polar surface area (TPSA) is 103 Å². The fourth-order valence-electron chi connectivity index (χ4n) is 3.11. The molecule has 3 rings (SSSR count). The highest BCUT2D eigenvalue weighted by molar-refractivity contribution is 6.30. The molecule has 1 unspecified atom stereocenters. The van der Waals surface area contributed by atoms with Gasteiger partial charge in [0.25, 0.3) is 0 Å². The maximum Gasteiger partial charge on any atom is 0.322 e. The van der Waals surface area contributed by atoms with Crippen LogP contribution in [0.5, 0.6) is 5.88 Å². The predicted molar refractivity (Wildman–Crippen MR) is 94.8 cm³/mol. The first-order chi connectivity index (χ1) is 12.3. The molecule has 0 saturated heterocycles. The minimum absolute atomic E-state index is 0.00204. The molecule has 0 fully saturated rings. The molecular formula is C18H17ClN4O3. The Kier molecular flexibility index (Phi) is 4.38.